The second kappa shape index (κ2) is 2.07. The fourth-order valence-electron chi connectivity index (χ4n) is 0.674. The quantitative estimate of drug-likeness (QED) is 0.522. The summed E-state index contributed by atoms with van der Waals surface area (Å²) in [5.41, 5.74) is 5.35. The van der Waals surface area contributed by atoms with E-state index in [0.717, 1.165) is 5.56 Å². The normalized spacial score (nSPS) is 9.56. The van der Waals surface area contributed by atoms with Gasteiger partial charge in [-0.15, -0.1) is 0 Å². The molecule has 9 heavy (non-hydrogen) atoms. The Bertz CT molecular complexity index is 220. The molecule has 0 aliphatic heterocycles. The first-order chi connectivity index (χ1) is 4.20. The molecular formula is C7H10NO+. The molecule has 2 nitrogen and oxygen atoms in total. The van der Waals surface area contributed by atoms with Gasteiger partial charge in [0, 0.05) is 6.07 Å². The SMILES string of the molecule is Cc1ccc([NH3+])c(O)c1. The van der Waals surface area contributed by atoms with Gasteiger partial charge in [-0.25, -0.2) is 0 Å². The van der Waals surface area contributed by atoms with E-state index in [0.29, 0.717) is 5.69 Å². The predicted octanol–water partition coefficient (Wildman–Crippen LogP) is 0.574. The van der Waals surface area contributed by atoms with Crippen molar-refractivity contribution in [2.24, 2.45) is 0 Å². The molecule has 1 rings (SSSR count). The molecule has 0 bridgehead atoms. The number of hydrogen-bond acceptors (Lipinski definition) is 1. The van der Waals surface area contributed by atoms with Gasteiger partial charge in [0.15, 0.2) is 11.4 Å². The molecule has 0 unspecified atom stereocenters. The van der Waals surface area contributed by atoms with Gasteiger partial charge in [0.2, 0.25) is 0 Å². The van der Waals surface area contributed by atoms with Crippen molar-refractivity contribution in [1.82, 2.24) is 0 Å². The van der Waals surface area contributed by atoms with Crippen LogP contribution in [0.15, 0.2) is 18.2 Å². The Morgan fingerprint density at radius 1 is 1.44 bits per heavy atom. The summed E-state index contributed by atoms with van der Waals surface area (Å²) in [6.07, 6.45) is 0. The molecule has 48 valence electrons. The van der Waals surface area contributed by atoms with Crippen molar-refractivity contribution in [2.75, 3.05) is 0 Å². The van der Waals surface area contributed by atoms with Gasteiger partial charge >= 0.3 is 0 Å². The summed E-state index contributed by atoms with van der Waals surface area (Å²) in [6, 6.07) is 5.41. The lowest BCUT2D eigenvalue weighted by Gasteiger charge is -1.93. The van der Waals surface area contributed by atoms with Gasteiger partial charge in [-0.05, 0) is 18.6 Å². The molecule has 0 saturated carbocycles. The second-order valence-corrected chi connectivity index (χ2v) is 2.13. The zero-order valence-corrected chi connectivity index (χ0v) is 5.39. The van der Waals surface area contributed by atoms with E-state index in [9.17, 15) is 0 Å². The molecule has 1 aromatic rings. The number of quaternary nitrogens is 1. The van der Waals surface area contributed by atoms with Crippen LogP contribution in [0.3, 0.4) is 0 Å². The number of aryl methyl sites for hydroxylation is 1. The van der Waals surface area contributed by atoms with Crippen molar-refractivity contribution in [3.63, 3.8) is 0 Å². The largest absolute Gasteiger partial charge is 0.503 e. The van der Waals surface area contributed by atoms with Gasteiger partial charge in [0.1, 0.15) is 0 Å². The Morgan fingerprint density at radius 2 is 2.11 bits per heavy atom. The maximum atomic E-state index is 9.04. The van der Waals surface area contributed by atoms with Gasteiger partial charge in [0.25, 0.3) is 0 Å². The van der Waals surface area contributed by atoms with Crippen molar-refractivity contribution >= 4 is 5.69 Å². The molecule has 0 aromatic heterocycles. The molecule has 0 aliphatic rings. The molecule has 2 heteroatoms. The predicted molar refractivity (Wildman–Crippen MR) is 35.4 cm³/mol. The number of rotatable bonds is 0. The Balaban J connectivity index is 3.17. The summed E-state index contributed by atoms with van der Waals surface area (Å²) >= 11 is 0. The smallest absolute Gasteiger partial charge is 0.177 e. The van der Waals surface area contributed by atoms with Crippen molar-refractivity contribution in [3.8, 4) is 5.75 Å². The van der Waals surface area contributed by atoms with Crippen molar-refractivity contribution in [3.05, 3.63) is 23.8 Å². The van der Waals surface area contributed by atoms with E-state index in [4.69, 9.17) is 5.11 Å². The van der Waals surface area contributed by atoms with Crippen LogP contribution in [0.1, 0.15) is 5.56 Å². The van der Waals surface area contributed by atoms with Crippen LogP contribution >= 0.6 is 0 Å². The molecule has 1 aromatic carbocycles. The van der Waals surface area contributed by atoms with Crippen LogP contribution in [-0.4, -0.2) is 5.11 Å². The molecule has 0 heterocycles. The maximum Gasteiger partial charge on any atom is 0.177 e. The molecule has 0 spiro atoms. The van der Waals surface area contributed by atoms with Crippen molar-refractivity contribution < 1.29 is 10.8 Å². The number of benzene rings is 1. The first kappa shape index (κ1) is 6.11. The third-order valence-electron chi connectivity index (χ3n) is 1.24. The third kappa shape index (κ3) is 1.21. The summed E-state index contributed by atoms with van der Waals surface area (Å²) in [7, 11) is 0. The van der Waals surface area contributed by atoms with Crippen LogP contribution in [0.4, 0.5) is 5.69 Å². The summed E-state index contributed by atoms with van der Waals surface area (Å²) in [5.74, 6) is 0.273. The lowest BCUT2D eigenvalue weighted by Crippen LogP contribution is -2.40. The Morgan fingerprint density at radius 3 is 2.56 bits per heavy atom. The Labute approximate surface area is 53.9 Å². The topological polar surface area (TPSA) is 47.9 Å². The minimum absolute atomic E-state index is 0.273. The molecule has 0 amide bonds. The monoisotopic (exact) mass is 124 g/mol. The fraction of sp³-hybridized carbons (Fsp3) is 0.143. The summed E-state index contributed by atoms with van der Waals surface area (Å²) in [4.78, 5) is 0. The molecule has 0 fully saturated rings. The van der Waals surface area contributed by atoms with Crippen LogP contribution in [-0.2, 0) is 0 Å². The van der Waals surface area contributed by atoms with E-state index < -0.39 is 0 Å². The lowest BCUT2D eigenvalue weighted by atomic mass is 10.2. The van der Waals surface area contributed by atoms with Crippen LogP contribution in [0.2, 0.25) is 0 Å². The van der Waals surface area contributed by atoms with Crippen LogP contribution < -0.4 is 5.73 Å². The minimum atomic E-state index is 0.273. The van der Waals surface area contributed by atoms with Gasteiger partial charge in [-0.2, -0.15) is 0 Å². The standard InChI is InChI=1S/C7H9NO/c1-5-2-3-6(8)7(9)4-5/h2-4,9H,8H2,1H3/p+1. The highest BCUT2D eigenvalue weighted by molar-refractivity contribution is 5.45. The first-order valence-electron chi connectivity index (χ1n) is 2.82. The Kier molecular flexibility index (Phi) is 1.40. The van der Waals surface area contributed by atoms with Crippen LogP contribution in [0, 0.1) is 6.92 Å². The zero-order valence-electron chi connectivity index (χ0n) is 5.39. The second-order valence-electron chi connectivity index (χ2n) is 2.13. The molecular weight excluding hydrogens is 114 g/mol. The Hall–Kier alpha value is -1.02. The number of hydrogen-bond donors (Lipinski definition) is 2. The molecule has 0 atom stereocenters. The van der Waals surface area contributed by atoms with E-state index >= 15 is 0 Å². The summed E-state index contributed by atoms with van der Waals surface area (Å²) in [5, 5.41) is 9.04. The number of phenols is 1. The maximum absolute atomic E-state index is 9.04. The van der Waals surface area contributed by atoms with Crippen LogP contribution in [0.25, 0.3) is 0 Å². The summed E-state index contributed by atoms with van der Waals surface area (Å²) < 4.78 is 0. The van der Waals surface area contributed by atoms with E-state index in [1.54, 1.807) is 12.1 Å². The average molecular weight is 124 g/mol. The van der Waals surface area contributed by atoms with Gasteiger partial charge in [-0.1, -0.05) is 6.07 Å². The van der Waals surface area contributed by atoms with E-state index in [1.165, 1.54) is 0 Å². The zero-order chi connectivity index (χ0) is 6.85. The van der Waals surface area contributed by atoms with Gasteiger partial charge < -0.3 is 10.8 Å². The molecule has 4 N–H and O–H groups in total. The number of phenolic OH excluding ortho intramolecular Hbond substituents is 1. The minimum Gasteiger partial charge on any atom is -0.503 e. The van der Waals surface area contributed by atoms with Gasteiger partial charge in [-0.3, -0.25) is 0 Å². The highest BCUT2D eigenvalue weighted by Gasteiger charge is 1.96. The highest BCUT2D eigenvalue weighted by atomic mass is 16.3. The van der Waals surface area contributed by atoms with Crippen molar-refractivity contribution in [2.45, 2.75) is 6.92 Å². The third-order valence-corrected chi connectivity index (χ3v) is 1.24. The number of aromatic hydroxyl groups is 1. The van der Waals surface area contributed by atoms with E-state index in [1.807, 2.05) is 13.0 Å². The molecule has 0 aliphatic carbocycles. The van der Waals surface area contributed by atoms with E-state index in [2.05, 4.69) is 5.73 Å². The fourth-order valence-corrected chi connectivity index (χ4v) is 0.674. The first-order valence-corrected chi connectivity index (χ1v) is 2.82. The highest BCUT2D eigenvalue weighted by Crippen LogP contribution is 2.17. The van der Waals surface area contributed by atoms with E-state index in [-0.39, 0.29) is 5.75 Å². The summed E-state index contributed by atoms with van der Waals surface area (Å²) in [6.45, 7) is 1.93. The molecule has 0 saturated heterocycles. The molecule has 0 radical (unpaired) electrons. The van der Waals surface area contributed by atoms with Gasteiger partial charge in [0.05, 0.1) is 0 Å². The lowest BCUT2D eigenvalue weighted by molar-refractivity contribution is -0.256. The average Bonchev–Trinajstić information content (AvgIpc) is 1.80. The van der Waals surface area contributed by atoms with Crippen LogP contribution in [0.5, 0.6) is 5.75 Å². The van der Waals surface area contributed by atoms with Crippen molar-refractivity contribution in [1.29, 1.82) is 0 Å².